The van der Waals surface area contributed by atoms with E-state index < -0.39 is 11.9 Å². The van der Waals surface area contributed by atoms with Crippen LogP contribution < -0.4 is 0 Å². The van der Waals surface area contributed by atoms with Crippen molar-refractivity contribution < 1.29 is 9.50 Å². The van der Waals surface area contributed by atoms with Crippen molar-refractivity contribution in [2.24, 2.45) is 7.05 Å². The molecule has 0 aliphatic rings. The molecule has 0 saturated heterocycles. The van der Waals surface area contributed by atoms with Crippen LogP contribution in [0.5, 0.6) is 0 Å². The Hall–Kier alpha value is -0.910. The van der Waals surface area contributed by atoms with Crippen LogP contribution in [-0.4, -0.2) is 14.9 Å². The van der Waals surface area contributed by atoms with Crippen LogP contribution >= 0.6 is 27.5 Å². The lowest BCUT2D eigenvalue weighted by molar-refractivity contribution is 0.175. The molecule has 0 saturated carbocycles. The molecule has 0 fully saturated rings. The summed E-state index contributed by atoms with van der Waals surface area (Å²) < 4.78 is 15.6. The molecule has 0 spiro atoms. The number of rotatable bonds is 4. The van der Waals surface area contributed by atoms with Crippen LogP contribution in [0, 0.1) is 5.82 Å². The molecular formula is C14H15BrClFN2O. The maximum absolute atomic E-state index is 13.4. The Bertz CT molecular complexity index is 610. The van der Waals surface area contributed by atoms with Gasteiger partial charge in [0.1, 0.15) is 5.82 Å². The molecule has 1 unspecified atom stereocenters. The Morgan fingerprint density at radius 3 is 2.70 bits per heavy atom. The first-order valence-electron chi connectivity index (χ1n) is 6.26. The first-order chi connectivity index (χ1) is 9.42. The summed E-state index contributed by atoms with van der Waals surface area (Å²) in [6.07, 6.45) is 0.187. The summed E-state index contributed by atoms with van der Waals surface area (Å²) in [5.74, 6) is -0.390. The van der Waals surface area contributed by atoms with E-state index in [0.29, 0.717) is 15.1 Å². The Morgan fingerprint density at radius 2 is 2.15 bits per heavy atom. The molecule has 0 bridgehead atoms. The van der Waals surface area contributed by atoms with Crippen LogP contribution in [-0.2, 0) is 19.9 Å². The van der Waals surface area contributed by atoms with E-state index in [9.17, 15) is 9.50 Å². The number of hydrogen-bond acceptors (Lipinski definition) is 2. The summed E-state index contributed by atoms with van der Waals surface area (Å²) in [5, 5.41) is 15.1. The molecular weight excluding hydrogens is 347 g/mol. The maximum atomic E-state index is 13.4. The zero-order valence-electron chi connectivity index (χ0n) is 11.2. The van der Waals surface area contributed by atoms with Crippen LogP contribution in [0.4, 0.5) is 4.39 Å². The van der Waals surface area contributed by atoms with Gasteiger partial charge in [-0.3, -0.25) is 4.68 Å². The molecule has 3 nitrogen and oxygen atoms in total. The average molecular weight is 362 g/mol. The lowest BCUT2D eigenvalue weighted by Crippen LogP contribution is -2.07. The number of halogens is 3. The van der Waals surface area contributed by atoms with Gasteiger partial charge in [-0.1, -0.05) is 34.5 Å². The van der Waals surface area contributed by atoms with Gasteiger partial charge in [-0.15, -0.1) is 0 Å². The summed E-state index contributed by atoms with van der Waals surface area (Å²) >= 11 is 9.46. The summed E-state index contributed by atoms with van der Waals surface area (Å²) in [7, 11) is 1.79. The molecule has 1 heterocycles. The van der Waals surface area contributed by atoms with Gasteiger partial charge in [-0.25, -0.2) is 4.39 Å². The summed E-state index contributed by atoms with van der Waals surface area (Å²) in [6, 6.07) is 4.36. The minimum Gasteiger partial charge on any atom is -0.388 e. The number of aliphatic hydroxyl groups excluding tert-OH is 1. The molecule has 2 rings (SSSR count). The molecule has 1 aromatic carbocycles. The molecule has 1 N–H and O–H groups in total. The van der Waals surface area contributed by atoms with E-state index >= 15 is 0 Å². The monoisotopic (exact) mass is 360 g/mol. The lowest BCUT2D eigenvalue weighted by atomic mass is 10.0. The highest BCUT2D eigenvalue weighted by Gasteiger charge is 2.18. The van der Waals surface area contributed by atoms with E-state index in [-0.39, 0.29) is 6.42 Å². The van der Waals surface area contributed by atoms with Gasteiger partial charge in [0.2, 0.25) is 0 Å². The van der Waals surface area contributed by atoms with Gasteiger partial charge in [0.25, 0.3) is 0 Å². The highest BCUT2D eigenvalue weighted by Crippen LogP contribution is 2.28. The average Bonchev–Trinajstić information content (AvgIpc) is 2.65. The molecule has 2 aromatic rings. The van der Waals surface area contributed by atoms with Gasteiger partial charge in [0.15, 0.2) is 0 Å². The minimum atomic E-state index is -0.834. The van der Waals surface area contributed by atoms with Gasteiger partial charge >= 0.3 is 0 Å². The largest absolute Gasteiger partial charge is 0.388 e. The zero-order chi connectivity index (χ0) is 14.9. The Balaban J connectivity index is 2.27. The van der Waals surface area contributed by atoms with Crippen molar-refractivity contribution in [3.63, 3.8) is 0 Å². The molecule has 20 heavy (non-hydrogen) atoms. The van der Waals surface area contributed by atoms with E-state index in [1.807, 2.05) is 6.92 Å². The summed E-state index contributed by atoms with van der Waals surface area (Å²) in [4.78, 5) is 0. The van der Waals surface area contributed by atoms with Gasteiger partial charge in [-0.2, -0.15) is 5.10 Å². The van der Waals surface area contributed by atoms with Crippen molar-refractivity contribution in [1.82, 2.24) is 9.78 Å². The van der Waals surface area contributed by atoms with E-state index in [1.165, 1.54) is 12.1 Å². The third kappa shape index (κ3) is 3.22. The molecule has 0 amide bonds. The van der Waals surface area contributed by atoms with Crippen molar-refractivity contribution in [2.75, 3.05) is 0 Å². The highest BCUT2D eigenvalue weighted by molar-refractivity contribution is 9.10. The topological polar surface area (TPSA) is 38.0 Å². The van der Waals surface area contributed by atoms with Crippen LogP contribution in [0.15, 0.2) is 22.7 Å². The second kappa shape index (κ2) is 6.24. The van der Waals surface area contributed by atoms with Crippen molar-refractivity contribution in [3.8, 4) is 0 Å². The fourth-order valence-corrected chi connectivity index (χ4v) is 2.96. The third-order valence-corrected chi connectivity index (χ3v) is 4.05. The van der Waals surface area contributed by atoms with Crippen LogP contribution in [0.1, 0.15) is 30.0 Å². The van der Waals surface area contributed by atoms with Gasteiger partial charge in [-0.05, 0) is 30.2 Å². The van der Waals surface area contributed by atoms with E-state index in [0.717, 1.165) is 17.8 Å². The Kier molecular flexibility index (Phi) is 4.83. The molecule has 0 radical (unpaired) electrons. The quantitative estimate of drug-likeness (QED) is 0.899. The zero-order valence-corrected chi connectivity index (χ0v) is 13.5. The number of aryl methyl sites for hydroxylation is 2. The number of hydrogen-bond donors (Lipinski definition) is 1. The lowest BCUT2D eigenvalue weighted by Gasteiger charge is -2.12. The standard InChI is InChI=1S/C14H15BrClFN2O/c1-3-11-14(16)12(19(2)18-11)7-13(20)8-4-9(15)6-10(17)5-8/h4-6,13,20H,3,7H2,1-2H3. The predicted octanol–water partition coefficient (Wildman–Crippen LogP) is 3.81. The van der Waals surface area contributed by atoms with Crippen molar-refractivity contribution in [1.29, 1.82) is 0 Å². The van der Waals surface area contributed by atoms with Gasteiger partial charge in [0, 0.05) is 17.9 Å². The molecule has 0 aliphatic heterocycles. The summed E-state index contributed by atoms with van der Waals surface area (Å²) in [5.41, 5.74) is 2.06. The van der Waals surface area contributed by atoms with Crippen molar-refractivity contribution >= 4 is 27.5 Å². The first-order valence-corrected chi connectivity index (χ1v) is 7.43. The van der Waals surface area contributed by atoms with Crippen molar-refractivity contribution in [2.45, 2.75) is 25.9 Å². The van der Waals surface area contributed by atoms with Crippen LogP contribution in [0.3, 0.4) is 0 Å². The predicted molar refractivity (Wildman–Crippen MR) is 80.4 cm³/mol. The minimum absolute atomic E-state index is 0.290. The molecule has 1 aromatic heterocycles. The van der Waals surface area contributed by atoms with Crippen LogP contribution in [0.25, 0.3) is 0 Å². The van der Waals surface area contributed by atoms with E-state index in [2.05, 4.69) is 21.0 Å². The third-order valence-electron chi connectivity index (χ3n) is 3.16. The maximum Gasteiger partial charge on any atom is 0.124 e. The molecule has 108 valence electrons. The van der Waals surface area contributed by atoms with Crippen molar-refractivity contribution in [3.05, 3.63) is 50.5 Å². The highest BCUT2D eigenvalue weighted by atomic mass is 79.9. The van der Waals surface area contributed by atoms with Gasteiger partial charge in [0.05, 0.1) is 22.5 Å². The number of aromatic nitrogens is 2. The first kappa shape index (κ1) is 15.5. The Labute approximate surface area is 130 Å². The second-order valence-corrected chi connectivity index (χ2v) is 5.90. The summed E-state index contributed by atoms with van der Waals surface area (Å²) in [6.45, 7) is 1.97. The van der Waals surface area contributed by atoms with Crippen LogP contribution in [0.2, 0.25) is 5.02 Å². The van der Waals surface area contributed by atoms with E-state index in [4.69, 9.17) is 11.6 Å². The van der Waals surface area contributed by atoms with Gasteiger partial charge < -0.3 is 5.11 Å². The number of nitrogens with zero attached hydrogens (tertiary/aromatic N) is 2. The fraction of sp³-hybridized carbons (Fsp3) is 0.357. The smallest absolute Gasteiger partial charge is 0.124 e. The SMILES string of the molecule is CCc1nn(C)c(CC(O)c2cc(F)cc(Br)c2)c1Cl. The molecule has 1 atom stereocenters. The second-order valence-electron chi connectivity index (χ2n) is 4.61. The Morgan fingerprint density at radius 1 is 1.45 bits per heavy atom. The fourth-order valence-electron chi connectivity index (χ4n) is 2.11. The molecule has 0 aliphatic carbocycles. The number of aliphatic hydroxyl groups is 1. The number of benzene rings is 1. The normalized spacial score (nSPS) is 12.7. The molecule has 6 heteroatoms. The van der Waals surface area contributed by atoms with E-state index in [1.54, 1.807) is 17.8 Å².